The summed E-state index contributed by atoms with van der Waals surface area (Å²) in [5.41, 5.74) is 2.75. The zero-order valence-electron chi connectivity index (χ0n) is 21.9. The zero-order chi connectivity index (χ0) is 26.7. The van der Waals surface area contributed by atoms with E-state index >= 15 is 0 Å². The summed E-state index contributed by atoms with van der Waals surface area (Å²) in [5.74, 6) is 0.210. The molecule has 3 heterocycles. The van der Waals surface area contributed by atoms with Crippen LogP contribution in [0.5, 0.6) is 5.75 Å². The topological polar surface area (TPSA) is 99.5 Å². The van der Waals surface area contributed by atoms with Gasteiger partial charge in [-0.1, -0.05) is 19.9 Å². The van der Waals surface area contributed by atoms with Crippen molar-refractivity contribution in [3.05, 3.63) is 52.2 Å². The first-order chi connectivity index (χ1) is 17.9. The van der Waals surface area contributed by atoms with Crippen LogP contribution in [0, 0.1) is 17.1 Å². The highest BCUT2D eigenvalue weighted by Gasteiger charge is 2.37. The van der Waals surface area contributed by atoms with Crippen LogP contribution in [0.25, 0.3) is 11.0 Å². The summed E-state index contributed by atoms with van der Waals surface area (Å²) in [4.78, 5) is 17.8. The fourth-order valence-electron chi connectivity index (χ4n) is 5.54. The van der Waals surface area contributed by atoms with Crippen LogP contribution < -0.4 is 15.2 Å². The first-order valence-electron chi connectivity index (χ1n) is 12.8. The van der Waals surface area contributed by atoms with E-state index in [9.17, 15) is 19.6 Å². The van der Waals surface area contributed by atoms with Crippen LogP contribution in [0.15, 0.2) is 35.3 Å². The van der Waals surface area contributed by atoms with Crippen LogP contribution in [0.2, 0.25) is 0 Å². The van der Waals surface area contributed by atoms with Gasteiger partial charge in [-0.3, -0.25) is 14.4 Å². The largest absolute Gasteiger partial charge is 0.496 e. The molecule has 0 spiro atoms. The van der Waals surface area contributed by atoms with Gasteiger partial charge in [0, 0.05) is 55.5 Å². The predicted molar refractivity (Wildman–Crippen MR) is 140 cm³/mol. The Morgan fingerprint density at radius 3 is 2.65 bits per heavy atom. The molecule has 1 aliphatic rings. The first-order valence-corrected chi connectivity index (χ1v) is 12.8. The van der Waals surface area contributed by atoms with Gasteiger partial charge in [-0.15, -0.1) is 0 Å². The zero-order valence-corrected chi connectivity index (χ0v) is 21.9. The van der Waals surface area contributed by atoms with Gasteiger partial charge in [0.1, 0.15) is 23.6 Å². The van der Waals surface area contributed by atoms with Gasteiger partial charge in [-0.2, -0.15) is 10.4 Å². The van der Waals surface area contributed by atoms with Crippen molar-refractivity contribution in [3.63, 3.8) is 0 Å². The number of nitriles is 1. The average Bonchev–Trinajstić information content (AvgIpc) is 3.32. The van der Waals surface area contributed by atoms with Gasteiger partial charge >= 0.3 is 0 Å². The second-order valence-corrected chi connectivity index (χ2v) is 9.50. The number of halogens is 1. The van der Waals surface area contributed by atoms with E-state index in [1.165, 1.54) is 16.7 Å². The Hall–Kier alpha value is -3.42. The molecule has 198 valence electrons. The molecular weight excluding hydrogens is 475 g/mol. The van der Waals surface area contributed by atoms with Crippen LogP contribution in [-0.2, 0) is 13.1 Å². The number of methoxy groups -OCH3 is 1. The number of aliphatic hydroxyl groups is 1. The van der Waals surface area contributed by atoms with Crippen molar-refractivity contribution < 1.29 is 14.2 Å². The van der Waals surface area contributed by atoms with Crippen molar-refractivity contribution >= 4 is 16.7 Å². The summed E-state index contributed by atoms with van der Waals surface area (Å²) >= 11 is 0. The molecule has 0 saturated carbocycles. The quantitative estimate of drug-likeness (QED) is 0.472. The number of piperazine rings is 1. The lowest BCUT2D eigenvalue weighted by Gasteiger charge is -2.49. The van der Waals surface area contributed by atoms with E-state index in [4.69, 9.17) is 4.74 Å². The molecule has 9 nitrogen and oxygen atoms in total. The van der Waals surface area contributed by atoms with Gasteiger partial charge < -0.3 is 19.3 Å². The molecule has 3 atom stereocenters. The lowest BCUT2D eigenvalue weighted by molar-refractivity contribution is 0.0997. The molecule has 0 aliphatic carbocycles. The number of hydrogen-bond acceptors (Lipinski definition) is 7. The van der Waals surface area contributed by atoms with Crippen molar-refractivity contribution in [1.82, 2.24) is 19.2 Å². The molecule has 2 aromatic heterocycles. The van der Waals surface area contributed by atoms with Crippen molar-refractivity contribution in [2.75, 3.05) is 31.7 Å². The highest BCUT2D eigenvalue weighted by Crippen LogP contribution is 2.37. The van der Waals surface area contributed by atoms with E-state index in [1.807, 2.05) is 0 Å². The Kier molecular flexibility index (Phi) is 8.15. The van der Waals surface area contributed by atoms with Gasteiger partial charge in [0.2, 0.25) is 0 Å². The molecule has 0 unspecified atom stereocenters. The normalized spacial score (nSPS) is 19.2. The standard InChI is InChI=1S/C27H35FN6O3/c1-5-20-16-34(21(6-2)15-33(20)18(3)22-8-7-19(28)13-25(22)37-4)23-14-26(36)32(11-12-35)24-17-31(10-9-29)30-27(23)24/h7-8,13-14,17-18,20-21,35H,5-6,10-12,15-16H2,1-4H3/t18-,20-,21+/m1/s1. The molecule has 3 aromatic rings. The summed E-state index contributed by atoms with van der Waals surface area (Å²) in [6.07, 6.45) is 3.44. The predicted octanol–water partition coefficient (Wildman–Crippen LogP) is 3.30. The molecule has 1 aromatic carbocycles. The Morgan fingerprint density at radius 2 is 2.00 bits per heavy atom. The number of pyridine rings is 1. The molecule has 1 N–H and O–H groups in total. The van der Waals surface area contributed by atoms with Crippen LogP contribution in [0.1, 0.15) is 45.2 Å². The van der Waals surface area contributed by atoms with Crippen LogP contribution in [-0.4, -0.2) is 63.2 Å². The fraction of sp³-hybridized carbons (Fsp3) is 0.519. The van der Waals surface area contributed by atoms with Crippen molar-refractivity contribution in [2.45, 2.75) is 64.8 Å². The maximum Gasteiger partial charge on any atom is 0.253 e. The van der Waals surface area contributed by atoms with Crippen LogP contribution in [0.3, 0.4) is 0 Å². The van der Waals surface area contributed by atoms with Gasteiger partial charge in [-0.25, -0.2) is 4.39 Å². The second-order valence-electron chi connectivity index (χ2n) is 9.50. The average molecular weight is 511 g/mol. The number of ether oxygens (including phenoxy) is 1. The van der Waals surface area contributed by atoms with Crippen molar-refractivity contribution in [1.29, 1.82) is 5.26 Å². The smallest absolute Gasteiger partial charge is 0.253 e. The Morgan fingerprint density at radius 1 is 1.24 bits per heavy atom. The van der Waals surface area contributed by atoms with Gasteiger partial charge in [-0.05, 0) is 25.8 Å². The van der Waals surface area contributed by atoms with E-state index in [0.29, 0.717) is 23.3 Å². The minimum absolute atomic E-state index is 0.00381. The molecule has 0 amide bonds. The number of aromatic nitrogens is 3. The summed E-state index contributed by atoms with van der Waals surface area (Å²) in [6.45, 7) is 7.89. The van der Waals surface area contributed by atoms with Gasteiger partial charge in [0.05, 0.1) is 37.2 Å². The Bertz CT molecular complexity index is 1350. The number of fused-ring (bicyclic) bond motifs is 1. The van der Waals surface area contributed by atoms with E-state index < -0.39 is 0 Å². The molecule has 1 aliphatic heterocycles. The minimum Gasteiger partial charge on any atom is -0.496 e. The number of aliphatic hydroxyl groups excluding tert-OH is 1. The van der Waals surface area contributed by atoms with E-state index in [1.54, 1.807) is 30.1 Å². The van der Waals surface area contributed by atoms with Crippen molar-refractivity contribution in [3.8, 4) is 11.8 Å². The summed E-state index contributed by atoms with van der Waals surface area (Å²) in [5, 5.41) is 23.4. The lowest BCUT2D eigenvalue weighted by atomic mass is 9.96. The van der Waals surface area contributed by atoms with Gasteiger partial charge in [0.15, 0.2) is 0 Å². The molecule has 4 rings (SSSR count). The molecule has 10 heteroatoms. The Balaban J connectivity index is 1.75. The lowest BCUT2D eigenvalue weighted by Crippen LogP contribution is -2.58. The number of benzene rings is 1. The van der Waals surface area contributed by atoms with Crippen LogP contribution in [0.4, 0.5) is 10.1 Å². The molecule has 0 radical (unpaired) electrons. The third-order valence-corrected chi connectivity index (χ3v) is 7.49. The molecule has 1 saturated heterocycles. The molecular formula is C27H35FN6O3. The number of nitrogens with zero attached hydrogens (tertiary/aromatic N) is 6. The number of rotatable bonds is 9. The van der Waals surface area contributed by atoms with Crippen LogP contribution >= 0.6 is 0 Å². The van der Waals surface area contributed by atoms with E-state index in [2.05, 4.69) is 41.7 Å². The molecule has 0 bridgehead atoms. The first kappa shape index (κ1) is 26.6. The highest BCUT2D eigenvalue weighted by molar-refractivity contribution is 5.88. The Labute approximate surface area is 216 Å². The molecule has 37 heavy (non-hydrogen) atoms. The minimum atomic E-state index is -0.327. The van der Waals surface area contributed by atoms with Crippen molar-refractivity contribution in [2.24, 2.45) is 0 Å². The second kappa shape index (κ2) is 11.3. The summed E-state index contributed by atoms with van der Waals surface area (Å²) < 4.78 is 22.4. The number of hydrogen-bond donors (Lipinski definition) is 1. The molecule has 1 fully saturated rings. The summed E-state index contributed by atoms with van der Waals surface area (Å²) in [7, 11) is 1.56. The highest BCUT2D eigenvalue weighted by atomic mass is 19.1. The number of anilines is 1. The fourth-order valence-corrected chi connectivity index (χ4v) is 5.54. The van der Waals surface area contributed by atoms with E-state index in [0.717, 1.165) is 30.6 Å². The van der Waals surface area contributed by atoms with Gasteiger partial charge in [0.25, 0.3) is 5.56 Å². The maximum absolute atomic E-state index is 13.9. The maximum atomic E-state index is 13.9. The summed E-state index contributed by atoms with van der Waals surface area (Å²) in [6, 6.07) is 8.69. The monoisotopic (exact) mass is 510 g/mol. The van der Waals surface area contributed by atoms with E-state index in [-0.39, 0.29) is 49.2 Å². The third kappa shape index (κ3) is 5.06. The third-order valence-electron chi connectivity index (χ3n) is 7.49. The SMILES string of the molecule is CC[C@H]1CN([C@H](C)c2ccc(F)cc2OC)[C@H](CC)CN1c1cc(=O)n(CCO)c2cn(CC#N)nc12.